The van der Waals surface area contributed by atoms with Gasteiger partial charge in [0.05, 0.1) is 4.70 Å². The lowest BCUT2D eigenvalue weighted by atomic mass is 10.3. The summed E-state index contributed by atoms with van der Waals surface area (Å²) in [4.78, 5) is 20.5. The van der Waals surface area contributed by atoms with Crippen LogP contribution in [-0.4, -0.2) is 48.1 Å². The third kappa shape index (κ3) is 3.88. The molecule has 0 aliphatic rings. The van der Waals surface area contributed by atoms with Gasteiger partial charge in [-0.1, -0.05) is 16.5 Å². The Morgan fingerprint density at radius 2 is 2.00 bits per heavy atom. The minimum atomic E-state index is -0.750. The molecule has 0 aliphatic heterocycles. The fourth-order valence-corrected chi connectivity index (χ4v) is 3.52. The predicted octanol–water partition coefficient (Wildman–Crippen LogP) is 3.47. The number of aromatic nitrogens is 2. The molecule has 0 bridgehead atoms. The molecule has 9 heteroatoms. The van der Waals surface area contributed by atoms with Gasteiger partial charge in [-0.2, -0.15) is 0 Å². The zero-order valence-corrected chi connectivity index (χ0v) is 15.4. The van der Waals surface area contributed by atoms with Crippen LogP contribution in [0.25, 0.3) is 10.2 Å². The zero-order valence-electron chi connectivity index (χ0n) is 14.6. The second kappa shape index (κ2) is 7.46. The van der Waals surface area contributed by atoms with E-state index in [1.807, 2.05) is 19.0 Å². The summed E-state index contributed by atoms with van der Waals surface area (Å²) in [5, 5.41) is 4.06. The molecule has 26 heavy (non-hydrogen) atoms. The van der Waals surface area contributed by atoms with Crippen molar-refractivity contribution in [2.75, 3.05) is 32.1 Å². The first kappa shape index (κ1) is 18.4. The van der Waals surface area contributed by atoms with Gasteiger partial charge in [-0.05, 0) is 40.1 Å². The number of amides is 1. The normalized spacial score (nSPS) is 11.5. The van der Waals surface area contributed by atoms with Crippen LogP contribution in [0.4, 0.5) is 13.9 Å². The third-order valence-corrected chi connectivity index (χ3v) is 4.74. The smallest absolute Gasteiger partial charge is 0.282 e. The molecule has 0 N–H and O–H groups in total. The molecule has 1 aromatic carbocycles. The van der Waals surface area contributed by atoms with E-state index < -0.39 is 11.6 Å². The monoisotopic (exact) mass is 380 g/mol. The number of aryl methyl sites for hydroxylation is 1. The molecule has 6 nitrogen and oxygen atoms in total. The van der Waals surface area contributed by atoms with Crippen LogP contribution in [0.1, 0.15) is 22.7 Å². The van der Waals surface area contributed by atoms with Crippen molar-refractivity contribution in [2.45, 2.75) is 13.3 Å². The highest BCUT2D eigenvalue weighted by Crippen LogP contribution is 2.32. The summed E-state index contributed by atoms with van der Waals surface area (Å²) < 4.78 is 32.8. The third-order valence-electron chi connectivity index (χ3n) is 3.71. The van der Waals surface area contributed by atoms with Crippen LogP contribution in [0.2, 0.25) is 0 Å². The van der Waals surface area contributed by atoms with Crippen molar-refractivity contribution in [1.82, 2.24) is 15.0 Å². The molecule has 1 amide bonds. The van der Waals surface area contributed by atoms with E-state index in [4.69, 9.17) is 4.52 Å². The van der Waals surface area contributed by atoms with Crippen molar-refractivity contribution in [2.24, 2.45) is 0 Å². The zero-order chi connectivity index (χ0) is 18.8. The maximum atomic E-state index is 14.0. The van der Waals surface area contributed by atoms with E-state index in [1.54, 1.807) is 6.92 Å². The molecule has 0 unspecified atom stereocenters. The lowest BCUT2D eigenvalue weighted by molar-refractivity contribution is 0.0977. The predicted molar refractivity (Wildman–Crippen MR) is 95.6 cm³/mol. The number of carbonyl (C=O) groups is 1. The van der Waals surface area contributed by atoms with E-state index in [0.29, 0.717) is 28.6 Å². The van der Waals surface area contributed by atoms with Gasteiger partial charge in [0.2, 0.25) is 0 Å². The van der Waals surface area contributed by atoms with Crippen LogP contribution in [0.15, 0.2) is 22.7 Å². The van der Waals surface area contributed by atoms with Crippen molar-refractivity contribution in [3.63, 3.8) is 0 Å². The molecule has 0 atom stereocenters. The summed E-state index contributed by atoms with van der Waals surface area (Å²) in [7, 11) is 3.87. The standard InChI is InChI=1S/C17H18F2N4O2S/c1-10-7-13(21-25-10)16(24)23(6-4-5-22(2)3)17-20-15-12(19)8-11(18)9-14(15)26-17/h7-9H,4-6H2,1-3H3. The van der Waals surface area contributed by atoms with Crippen molar-refractivity contribution in [3.8, 4) is 0 Å². The Bertz CT molecular complexity index is 938. The molecule has 2 aromatic heterocycles. The topological polar surface area (TPSA) is 62.5 Å². The Hall–Kier alpha value is -2.39. The molecular formula is C17H18F2N4O2S. The maximum Gasteiger partial charge on any atom is 0.282 e. The summed E-state index contributed by atoms with van der Waals surface area (Å²) in [5.41, 5.74) is 0.200. The number of thiazole rings is 1. The van der Waals surface area contributed by atoms with E-state index in [-0.39, 0.29) is 17.1 Å². The van der Waals surface area contributed by atoms with Gasteiger partial charge in [-0.25, -0.2) is 13.8 Å². The first-order valence-electron chi connectivity index (χ1n) is 8.00. The largest absolute Gasteiger partial charge is 0.361 e. The fourth-order valence-electron chi connectivity index (χ4n) is 2.50. The number of fused-ring (bicyclic) bond motifs is 1. The first-order chi connectivity index (χ1) is 12.3. The van der Waals surface area contributed by atoms with Crippen LogP contribution < -0.4 is 4.90 Å². The maximum absolute atomic E-state index is 14.0. The number of anilines is 1. The van der Waals surface area contributed by atoms with E-state index in [9.17, 15) is 13.6 Å². The van der Waals surface area contributed by atoms with Gasteiger partial charge < -0.3 is 9.42 Å². The molecule has 0 spiro atoms. The molecule has 0 saturated carbocycles. The molecule has 0 fully saturated rings. The number of benzene rings is 1. The number of hydrogen-bond acceptors (Lipinski definition) is 6. The van der Waals surface area contributed by atoms with Crippen molar-refractivity contribution >= 4 is 32.6 Å². The van der Waals surface area contributed by atoms with Gasteiger partial charge in [0.25, 0.3) is 5.91 Å². The Morgan fingerprint density at radius 3 is 2.65 bits per heavy atom. The summed E-state index contributed by atoms with van der Waals surface area (Å²) in [5.74, 6) is -1.30. The second-order valence-corrected chi connectivity index (χ2v) is 7.18. The van der Waals surface area contributed by atoms with Crippen LogP contribution >= 0.6 is 11.3 Å². The molecule has 3 rings (SSSR count). The van der Waals surface area contributed by atoms with Gasteiger partial charge in [-0.3, -0.25) is 9.69 Å². The average Bonchev–Trinajstić information content (AvgIpc) is 3.17. The quantitative estimate of drug-likeness (QED) is 0.655. The van der Waals surface area contributed by atoms with E-state index in [0.717, 1.165) is 23.9 Å². The van der Waals surface area contributed by atoms with Crippen LogP contribution in [0.3, 0.4) is 0 Å². The molecular weight excluding hydrogens is 362 g/mol. The second-order valence-electron chi connectivity index (χ2n) is 6.17. The van der Waals surface area contributed by atoms with Gasteiger partial charge >= 0.3 is 0 Å². The summed E-state index contributed by atoms with van der Waals surface area (Å²) in [6, 6.07) is 3.53. The van der Waals surface area contributed by atoms with E-state index in [1.165, 1.54) is 17.0 Å². The molecule has 0 aliphatic carbocycles. The Kier molecular flexibility index (Phi) is 5.28. The number of nitrogens with zero attached hydrogens (tertiary/aromatic N) is 4. The van der Waals surface area contributed by atoms with E-state index in [2.05, 4.69) is 10.1 Å². The summed E-state index contributed by atoms with van der Waals surface area (Å²) in [6.45, 7) is 2.82. The molecule has 0 saturated heterocycles. The van der Waals surface area contributed by atoms with Crippen molar-refractivity contribution in [1.29, 1.82) is 0 Å². The van der Waals surface area contributed by atoms with Crippen LogP contribution in [-0.2, 0) is 0 Å². The van der Waals surface area contributed by atoms with Crippen molar-refractivity contribution in [3.05, 3.63) is 41.3 Å². The van der Waals surface area contributed by atoms with Gasteiger partial charge in [0.1, 0.15) is 17.1 Å². The molecule has 0 radical (unpaired) electrons. The highest BCUT2D eigenvalue weighted by Gasteiger charge is 2.24. The average molecular weight is 380 g/mol. The molecule has 138 valence electrons. The number of hydrogen-bond donors (Lipinski definition) is 0. The minimum Gasteiger partial charge on any atom is -0.361 e. The Labute approximate surface area is 153 Å². The number of rotatable bonds is 6. The van der Waals surface area contributed by atoms with Gasteiger partial charge in [0.15, 0.2) is 16.6 Å². The first-order valence-corrected chi connectivity index (χ1v) is 8.82. The van der Waals surface area contributed by atoms with Gasteiger partial charge in [-0.15, -0.1) is 0 Å². The van der Waals surface area contributed by atoms with E-state index >= 15 is 0 Å². The van der Waals surface area contributed by atoms with Gasteiger partial charge in [0, 0.05) is 18.7 Å². The molecule has 2 heterocycles. The SMILES string of the molecule is Cc1cc(C(=O)N(CCCN(C)C)c2nc3c(F)cc(F)cc3s2)no1. The van der Waals surface area contributed by atoms with Crippen LogP contribution in [0, 0.1) is 18.6 Å². The van der Waals surface area contributed by atoms with Crippen molar-refractivity contribution < 1.29 is 18.1 Å². The number of halogens is 2. The highest BCUT2D eigenvalue weighted by molar-refractivity contribution is 7.22. The summed E-state index contributed by atoms with van der Waals surface area (Å²) >= 11 is 1.06. The fraction of sp³-hybridized carbons (Fsp3) is 0.353. The van der Waals surface area contributed by atoms with Crippen LogP contribution in [0.5, 0.6) is 0 Å². The summed E-state index contributed by atoms with van der Waals surface area (Å²) in [6.07, 6.45) is 0.683. The Morgan fingerprint density at radius 1 is 1.23 bits per heavy atom. The Balaban J connectivity index is 1.96. The minimum absolute atomic E-state index is 0.0492. The highest BCUT2D eigenvalue weighted by atomic mass is 32.1. The molecule has 3 aromatic rings. The lowest BCUT2D eigenvalue weighted by Gasteiger charge is -2.19. The number of carbonyl (C=O) groups excluding carboxylic acids is 1. The lowest BCUT2D eigenvalue weighted by Crippen LogP contribution is -2.33.